The van der Waals surface area contributed by atoms with Crippen LogP contribution in [0.25, 0.3) is 10.9 Å². The first-order valence-electron chi connectivity index (χ1n) is 7.27. The lowest BCUT2D eigenvalue weighted by atomic mass is 10.0. The van der Waals surface area contributed by atoms with Crippen molar-refractivity contribution in [2.24, 2.45) is 7.05 Å². The number of benzene rings is 2. The van der Waals surface area contributed by atoms with Crippen molar-refractivity contribution in [3.05, 3.63) is 65.4 Å². The highest BCUT2D eigenvalue weighted by atomic mass is 16.3. The molecule has 1 aromatic heterocycles. The van der Waals surface area contributed by atoms with Crippen LogP contribution in [-0.2, 0) is 19.9 Å². The second-order valence-corrected chi connectivity index (χ2v) is 5.64. The Bertz CT molecular complexity index is 744. The minimum absolute atomic E-state index is 0.411. The van der Waals surface area contributed by atoms with E-state index in [1.807, 2.05) is 23.9 Å². The van der Waals surface area contributed by atoms with Crippen molar-refractivity contribution >= 4 is 10.9 Å². The fourth-order valence-corrected chi connectivity index (χ4v) is 2.73. The van der Waals surface area contributed by atoms with E-state index in [-0.39, 0.29) is 0 Å². The Morgan fingerprint density at radius 3 is 2.52 bits per heavy atom. The highest BCUT2D eigenvalue weighted by Crippen LogP contribution is 2.19. The SMILES string of the molecule is Cc1ccc(CC(O)Cc2nn(C)c3ccccc23)cc1. The summed E-state index contributed by atoms with van der Waals surface area (Å²) in [4.78, 5) is 0. The van der Waals surface area contributed by atoms with E-state index >= 15 is 0 Å². The van der Waals surface area contributed by atoms with Crippen molar-refractivity contribution in [1.29, 1.82) is 0 Å². The van der Waals surface area contributed by atoms with Gasteiger partial charge >= 0.3 is 0 Å². The number of para-hydroxylation sites is 1. The molecule has 0 saturated carbocycles. The highest BCUT2D eigenvalue weighted by molar-refractivity contribution is 5.81. The molecule has 1 heterocycles. The van der Waals surface area contributed by atoms with Gasteiger partial charge in [-0.05, 0) is 25.0 Å². The largest absolute Gasteiger partial charge is 0.392 e. The van der Waals surface area contributed by atoms with E-state index in [1.165, 1.54) is 5.56 Å². The zero-order chi connectivity index (χ0) is 14.8. The number of aliphatic hydroxyl groups excluding tert-OH is 1. The number of hydrogen-bond acceptors (Lipinski definition) is 2. The molecule has 0 aliphatic rings. The molecule has 0 bridgehead atoms. The highest BCUT2D eigenvalue weighted by Gasteiger charge is 2.13. The third-order valence-corrected chi connectivity index (χ3v) is 3.86. The van der Waals surface area contributed by atoms with E-state index in [1.54, 1.807) is 0 Å². The molecular weight excluding hydrogens is 260 g/mol. The predicted octanol–water partition coefficient (Wildman–Crippen LogP) is 3.03. The molecule has 3 rings (SSSR count). The zero-order valence-corrected chi connectivity index (χ0v) is 12.5. The van der Waals surface area contributed by atoms with Crippen LogP contribution in [0.1, 0.15) is 16.8 Å². The molecule has 1 atom stereocenters. The molecule has 0 radical (unpaired) electrons. The van der Waals surface area contributed by atoms with E-state index < -0.39 is 6.10 Å². The first-order chi connectivity index (χ1) is 10.1. The normalized spacial score (nSPS) is 12.7. The van der Waals surface area contributed by atoms with Gasteiger partial charge in [0.1, 0.15) is 0 Å². The Morgan fingerprint density at radius 2 is 1.76 bits per heavy atom. The number of hydrogen-bond donors (Lipinski definition) is 1. The number of rotatable bonds is 4. The van der Waals surface area contributed by atoms with Gasteiger partial charge < -0.3 is 5.11 Å². The Hall–Kier alpha value is -2.13. The molecule has 0 fully saturated rings. The van der Waals surface area contributed by atoms with Crippen LogP contribution in [0.2, 0.25) is 0 Å². The molecule has 1 N–H and O–H groups in total. The Labute approximate surface area is 124 Å². The molecular formula is C18H20N2O. The summed E-state index contributed by atoms with van der Waals surface area (Å²) in [6.07, 6.45) is 0.825. The number of aliphatic hydroxyl groups is 1. The van der Waals surface area contributed by atoms with E-state index in [2.05, 4.69) is 48.4 Å². The van der Waals surface area contributed by atoms with E-state index in [9.17, 15) is 5.11 Å². The number of aromatic nitrogens is 2. The van der Waals surface area contributed by atoms with Gasteiger partial charge in [-0.1, -0.05) is 48.0 Å². The van der Waals surface area contributed by atoms with Crippen LogP contribution in [-0.4, -0.2) is 21.0 Å². The quantitative estimate of drug-likeness (QED) is 0.797. The Morgan fingerprint density at radius 1 is 1.05 bits per heavy atom. The van der Waals surface area contributed by atoms with Crippen LogP contribution < -0.4 is 0 Å². The van der Waals surface area contributed by atoms with Gasteiger partial charge in [0.25, 0.3) is 0 Å². The van der Waals surface area contributed by atoms with Crippen molar-refractivity contribution in [3.8, 4) is 0 Å². The van der Waals surface area contributed by atoms with Crippen LogP contribution in [0, 0.1) is 6.92 Å². The monoisotopic (exact) mass is 280 g/mol. The summed E-state index contributed by atoms with van der Waals surface area (Å²) in [5.41, 5.74) is 4.47. The summed E-state index contributed by atoms with van der Waals surface area (Å²) in [6.45, 7) is 2.07. The predicted molar refractivity (Wildman–Crippen MR) is 85.3 cm³/mol. The minimum atomic E-state index is -0.411. The van der Waals surface area contributed by atoms with Gasteiger partial charge in [0, 0.05) is 18.9 Å². The van der Waals surface area contributed by atoms with Gasteiger partial charge in [-0.2, -0.15) is 5.10 Å². The first-order valence-corrected chi connectivity index (χ1v) is 7.27. The number of fused-ring (bicyclic) bond motifs is 1. The molecule has 0 aliphatic heterocycles. The lowest BCUT2D eigenvalue weighted by Gasteiger charge is -2.09. The molecule has 0 saturated heterocycles. The van der Waals surface area contributed by atoms with Crippen LogP contribution in [0.3, 0.4) is 0 Å². The molecule has 0 aliphatic carbocycles. The number of nitrogens with zero attached hydrogens (tertiary/aromatic N) is 2. The Kier molecular flexibility index (Phi) is 3.76. The van der Waals surface area contributed by atoms with Crippen molar-refractivity contribution in [2.75, 3.05) is 0 Å². The third kappa shape index (κ3) is 2.98. The molecule has 108 valence electrons. The van der Waals surface area contributed by atoms with Crippen LogP contribution >= 0.6 is 0 Å². The van der Waals surface area contributed by atoms with Crippen LogP contribution in [0.4, 0.5) is 0 Å². The molecule has 3 aromatic rings. The summed E-state index contributed by atoms with van der Waals surface area (Å²) >= 11 is 0. The standard InChI is InChI=1S/C18H20N2O/c1-13-7-9-14(10-8-13)11-15(21)12-17-16-5-3-4-6-18(16)20(2)19-17/h3-10,15,21H,11-12H2,1-2H3. The van der Waals surface area contributed by atoms with Gasteiger partial charge in [-0.3, -0.25) is 4.68 Å². The second kappa shape index (κ2) is 5.70. The van der Waals surface area contributed by atoms with Gasteiger partial charge in [0.15, 0.2) is 0 Å². The molecule has 0 spiro atoms. The van der Waals surface area contributed by atoms with Gasteiger partial charge in [0.05, 0.1) is 17.3 Å². The molecule has 21 heavy (non-hydrogen) atoms. The zero-order valence-electron chi connectivity index (χ0n) is 12.5. The van der Waals surface area contributed by atoms with Gasteiger partial charge in [-0.25, -0.2) is 0 Å². The van der Waals surface area contributed by atoms with Crippen LogP contribution in [0.15, 0.2) is 48.5 Å². The molecule has 3 nitrogen and oxygen atoms in total. The average molecular weight is 280 g/mol. The summed E-state index contributed by atoms with van der Waals surface area (Å²) in [6, 6.07) is 16.5. The summed E-state index contributed by atoms with van der Waals surface area (Å²) in [5.74, 6) is 0. The van der Waals surface area contributed by atoms with E-state index in [4.69, 9.17) is 0 Å². The Balaban J connectivity index is 1.77. The van der Waals surface area contributed by atoms with E-state index in [0.717, 1.165) is 22.2 Å². The number of aryl methyl sites for hydroxylation is 2. The van der Waals surface area contributed by atoms with Crippen LogP contribution in [0.5, 0.6) is 0 Å². The van der Waals surface area contributed by atoms with Crippen molar-refractivity contribution in [1.82, 2.24) is 9.78 Å². The molecule has 0 amide bonds. The lowest BCUT2D eigenvalue weighted by Crippen LogP contribution is -2.14. The van der Waals surface area contributed by atoms with Gasteiger partial charge in [0.2, 0.25) is 0 Å². The summed E-state index contributed by atoms with van der Waals surface area (Å²) in [7, 11) is 1.94. The smallest absolute Gasteiger partial charge is 0.0729 e. The van der Waals surface area contributed by atoms with Crippen molar-refractivity contribution in [3.63, 3.8) is 0 Å². The van der Waals surface area contributed by atoms with Crippen molar-refractivity contribution < 1.29 is 5.11 Å². The van der Waals surface area contributed by atoms with Gasteiger partial charge in [-0.15, -0.1) is 0 Å². The maximum atomic E-state index is 10.3. The molecule has 2 aromatic carbocycles. The maximum Gasteiger partial charge on any atom is 0.0729 e. The average Bonchev–Trinajstić information content (AvgIpc) is 2.78. The fourth-order valence-electron chi connectivity index (χ4n) is 2.73. The van der Waals surface area contributed by atoms with E-state index in [0.29, 0.717) is 12.8 Å². The van der Waals surface area contributed by atoms with Crippen molar-refractivity contribution in [2.45, 2.75) is 25.9 Å². The summed E-state index contributed by atoms with van der Waals surface area (Å²) < 4.78 is 1.88. The second-order valence-electron chi connectivity index (χ2n) is 5.64. The minimum Gasteiger partial charge on any atom is -0.392 e. The maximum absolute atomic E-state index is 10.3. The fraction of sp³-hybridized carbons (Fsp3) is 0.278. The molecule has 3 heteroatoms. The molecule has 1 unspecified atom stereocenters. The lowest BCUT2D eigenvalue weighted by molar-refractivity contribution is 0.174. The third-order valence-electron chi connectivity index (χ3n) is 3.86. The topological polar surface area (TPSA) is 38.1 Å². The summed E-state index contributed by atoms with van der Waals surface area (Å²) in [5, 5.41) is 16.0. The first kappa shape index (κ1) is 13.8.